The Balaban J connectivity index is 1.70. The van der Waals surface area contributed by atoms with Crippen molar-refractivity contribution in [2.75, 3.05) is 19.5 Å². The van der Waals surface area contributed by atoms with E-state index in [1.54, 1.807) is 32.5 Å². The van der Waals surface area contributed by atoms with Crippen LogP contribution in [0.4, 0.5) is 11.4 Å². The lowest BCUT2D eigenvalue weighted by molar-refractivity contribution is 0.0946. The Kier molecular flexibility index (Phi) is 6.11. The first kappa shape index (κ1) is 19.2. The Hall–Kier alpha value is -3.54. The number of aryl methyl sites for hydroxylation is 1. The smallest absolute Gasteiger partial charge is 0.270 e. The second-order valence-corrected chi connectivity index (χ2v) is 6.23. The van der Waals surface area contributed by atoms with Gasteiger partial charge >= 0.3 is 0 Å². The molecular weight excluding hydrogens is 354 g/mol. The fraction of sp³-hybridized carbons (Fsp3) is 0.182. The summed E-state index contributed by atoms with van der Waals surface area (Å²) in [5, 5.41) is 6.17. The molecule has 6 heteroatoms. The van der Waals surface area contributed by atoms with Crippen molar-refractivity contribution in [2.45, 2.75) is 13.5 Å². The second kappa shape index (κ2) is 8.90. The van der Waals surface area contributed by atoms with Gasteiger partial charge in [-0.3, -0.25) is 9.78 Å². The Labute approximate surface area is 164 Å². The number of pyridine rings is 1. The van der Waals surface area contributed by atoms with Gasteiger partial charge in [0.25, 0.3) is 5.91 Å². The van der Waals surface area contributed by atoms with Gasteiger partial charge in [0.2, 0.25) is 0 Å². The Morgan fingerprint density at radius 3 is 2.46 bits per heavy atom. The van der Waals surface area contributed by atoms with Gasteiger partial charge in [0.15, 0.2) is 11.5 Å². The standard InChI is InChI=1S/C22H23N3O3/c1-15-6-4-5-7-16(15)14-24-22(26)19-12-18(10-11-23-19)25-17-8-9-20(27-2)21(13-17)28-3/h4-13H,14H2,1-3H3,(H,23,25)(H,24,26). The molecule has 0 bridgehead atoms. The second-order valence-electron chi connectivity index (χ2n) is 6.23. The number of rotatable bonds is 7. The molecule has 144 valence electrons. The first-order valence-corrected chi connectivity index (χ1v) is 8.88. The number of carbonyl (C=O) groups is 1. The van der Waals surface area contributed by atoms with E-state index in [2.05, 4.69) is 15.6 Å². The van der Waals surface area contributed by atoms with Crippen LogP contribution in [0.1, 0.15) is 21.6 Å². The summed E-state index contributed by atoms with van der Waals surface area (Å²) in [5.74, 6) is 1.05. The number of hydrogen-bond donors (Lipinski definition) is 2. The number of carbonyl (C=O) groups excluding carboxylic acids is 1. The highest BCUT2D eigenvalue weighted by atomic mass is 16.5. The molecule has 0 unspecified atom stereocenters. The molecule has 3 rings (SSSR count). The molecular formula is C22H23N3O3. The third kappa shape index (κ3) is 4.59. The van der Waals surface area contributed by atoms with Gasteiger partial charge in [-0.15, -0.1) is 0 Å². The Morgan fingerprint density at radius 2 is 1.71 bits per heavy atom. The molecule has 1 amide bonds. The van der Waals surface area contributed by atoms with Gasteiger partial charge in [0.1, 0.15) is 5.69 Å². The minimum atomic E-state index is -0.223. The number of hydrogen-bond acceptors (Lipinski definition) is 5. The molecule has 0 aliphatic heterocycles. The summed E-state index contributed by atoms with van der Waals surface area (Å²) < 4.78 is 10.6. The van der Waals surface area contributed by atoms with E-state index in [-0.39, 0.29) is 5.91 Å². The summed E-state index contributed by atoms with van der Waals surface area (Å²) in [5.41, 5.74) is 4.13. The molecule has 0 radical (unpaired) electrons. The topological polar surface area (TPSA) is 72.5 Å². The zero-order chi connectivity index (χ0) is 19.9. The van der Waals surface area contributed by atoms with Crippen molar-refractivity contribution in [3.63, 3.8) is 0 Å². The highest BCUT2D eigenvalue weighted by molar-refractivity contribution is 5.93. The van der Waals surface area contributed by atoms with Gasteiger partial charge < -0.3 is 20.1 Å². The predicted molar refractivity (Wildman–Crippen MR) is 109 cm³/mol. The van der Waals surface area contributed by atoms with Gasteiger partial charge in [0.05, 0.1) is 14.2 Å². The maximum Gasteiger partial charge on any atom is 0.270 e. The van der Waals surface area contributed by atoms with Crippen LogP contribution < -0.4 is 20.1 Å². The summed E-state index contributed by atoms with van der Waals surface area (Å²) in [6, 6.07) is 17.0. The fourth-order valence-corrected chi connectivity index (χ4v) is 2.79. The lowest BCUT2D eigenvalue weighted by Gasteiger charge is -2.12. The Morgan fingerprint density at radius 1 is 0.964 bits per heavy atom. The number of ether oxygens (including phenoxy) is 2. The van der Waals surface area contributed by atoms with Crippen LogP contribution in [0.25, 0.3) is 0 Å². The summed E-state index contributed by atoms with van der Waals surface area (Å²) in [6.07, 6.45) is 1.60. The molecule has 1 aromatic heterocycles. The molecule has 28 heavy (non-hydrogen) atoms. The van der Waals surface area contributed by atoms with Crippen molar-refractivity contribution in [1.82, 2.24) is 10.3 Å². The van der Waals surface area contributed by atoms with E-state index < -0.39 is 0 Å². The minimum absolute atomic E-state index is 0.223. The highest BCUT2D eigenvalue weighted by Crippen LogP contribution is 2.31. The van der Waals surface area contributed by atoms with E-state index in [1.165, 1.54) is 0 Å². The molecule has 0 fully saturated rings. The average molecular weight is 377 g/mol. The molecule has 0 spiro atoms. The molecule has 2 aromatic carbocycles. The van der Waals surface area contributed by atoms with Crippen molar-refractivity contribution >= 4 is 17.3 Å². The van der Waals surface area contributed by atoms with Crippen LogP contribution in [-0.4, -0.2) is 25.1 Å². The largest absolute Gasteiger partial charge is 0.493 e. The lowest BCUT2D eigenvalue weighted by Crippen LogP contribution is -2.24. The SMILES string of the molecule is COc1ccc(Nc2ccnc(C(=O)NCc3ccccc3C)c2)cc1OC. The molecule has 1 heterocycles. The van der Waals surface area contributed by atoms with Crippen LogP contribution >= 0.6 is 0 Å². The zero-order valence-electron chi connectivity index (χ0n) is 16.2. The predicted octanol–water partition coefficient (Wildman–Crippen LogP) is 4.08. The van der Waals surface area contributed by atoms with E-state index in [4.69, 9.17) is 9.47 Å². The molecule has 0 aliphatic carbocycles. The van der Waals surface area contributed by atoms with Crippen LogP contribution in [0.3, 0.4) is 0 Å². The highest BCUT2D eigenvalue weighted by Gasteiger charge is 2.10. The number of benzene rings is 2. The van der Waals surface area contributed by atoms with Crippen LogP contribution in [0.5, 0.6) is 11.5 Å². The van der Waals surface area contributed by atoms with Gasteiger partial charge in [-0.1, -0.05) is 24.3 Å². The molecule has 0 atom stereocenters. The van der Waals surface area contributed by atoms with Gasteiger partial charge in [-0.05, 0) is 42.3 Å². The van der Waals surface area contributed by atoms with Crippen LogP contribution in [0.2, 0.25) is 0 Å². The van der Waals surface area contributed by atoms with E-state index in [0.717, 1.165) is 22.5 Å². The average Bonchev–Trinajstić information content (AvgIpc) is 2.73. The first-order chi connectivity index (χ1) is 13.6. The summed E-state index contributed by atoms with van der Waals surface area (Å²) in [6.45, 7) is 2.48. The minimum Gasteiger partial charge on any atom is -0.493 e. The van der Waals surface area contributed by atoms with Crippen LogP contribution in [0, 0.1) is 6.92 Å². The van der Waals surface area contributed by atoms with Crippen LogP contribution in [0.15, 0.2) is 60.8 Å². The third-order valence-electron chi connectivity index (χ3n) is 4.37. The van der Waals surface area contributed by atoms with Crippen LogP contribution in [-0.2, 0) is 6.54 Å². The molecule has 0 aliphatic rings. The maximum atomic E-state index is 12.5. The van der Waals surface area contributed by atoms with Crippen molar-refractivity contribution < 1.29 is 14.3 Å². The number of nitrogens with one attached hydrogen (secondary N) is 2. The number of anilines is 2. The fourth-order valence-electron chi connectivity index (χ4n) is 2.79. The third-order valence-corrected chi connectivity index (χ3v) is 4.37. The molecule has 3 aromatic rings. The van der Waals surface area contributed by atoms with E-state index in [1.807, 2.05) is 49.4 Å². The molecule has 6 nitrogen and oxygen atoms in total. The molecule has 0 saturated heterocycles. The van der Waals surface area contributed by atoms with Crippen molar-refractivity contribution in [2.24, 2.45) is 0 Å². The number of amides is 1. The quantitative estimate of drug-likeness (QED) is 0.649. The van der Waals surface area contributed by atoms with E-state index in [0.29, 0.717) is 23.7 Å². The summed E-state index contributed by atoms with van der Waals surface area (Å²) in [4.78, 5) is 16.7. The molecule has 2 N–H and O–H groups in total. The summed E-state index contributed by atoms with van der Waals surface area (Å²) in [7, 11) is 3.18. The zero-order valence-corrected chi connectivity index (χ0v) is 16.2. The number of methoxy groups -OCH3 is 2. The monoisotopic (exact) mass is 377 g/mol. The van der Waals surface area contributed by atoms with Crippen molar-refractivity contribution in [3.05, 3.63) is 77.6 Å². The van der Waals surface area contributed by atoms with Gasteiger partial charge in [-0.25, -0.2) is 0 Å². The summed E-state index contributed by atoms with van der Waals surface area (Å²) >= 11 is 0. The maximum absolute atomic E-state index is 12.5. The van der Waals surface area contributed by atoms with Gasteiger partial charge in [0, 0.05) is 30.2 Å². The lowest BCUT2D eigenvalue weighted by atomic mass is 10.1. The number of nitrogens with zero attached hydrogens (tertiary/aromatic N) is 1. The van der Waals surface area contributed by atoms with Crippen molar-refractivity contribution in [3.8, 4) is 11.5 Å². The van der Waals surface area contributed by atoms with Gasteiger partial charge in [-0.2, -0.15) is 0 Å². The van der Waals surface area contributed by atoms with E-state index >= 15 is 0 Å². The molecule has 0 saturated carbocycles. The van der Waals surface area contributed by atoms with E-state index in [9.17, 15) is 4.79 Å². The normalized spacial score (nSPS) is 10.2. The van der Waals surface area contributed by atoms with Crippen molar-refractivity contribution in [1.29, 1.82) is 0 Å². The number of aromatic nitrogens is 1. The Bertz CT molecular complexity index is 973. The first-order valence-electron chi connectivity index (χ1n) is 8.88.